The Morgan fingerprint density at radius 1 is 1.00 bits per heavy atom. The highest BCUT2D eigenvalue weighted by Gasteiger charge is 2.25. The van der Waals surface area contributed by atoms with E-state index in [0.29, 0.717) is 6.54 Å². The van der Waals surface area contributed by atoms with Crippen LogP contribution in [-0.4, -0.2) is 22.8 Å². The third-order valence-corrected chi connectivity index (χ3v) is 2.93. The Hall–Kier alpha value is -0.0800. The lowest BCUT2D eigenvalue weighted by molar-refractivity contribution is 0.0664. The van der Waals surface area contributed by atoms with Gasteiger partial charge in [0, 0.05) is 12.1 Å². The van der Waals surface area contributed by atoms with Crippen LogP contribution in [0.2, 0.25) is 0 Å². The Balaban J connectivity index is 4.11. The van der Waals surface area contributed by atoms with E-state index in [4.69, 9.17) is 0 Å². The van der Waals surface area contributed by atoms with Gasteiger partial charge in [-0.05, 0) is 33.1 Å². The van der Waals surface area contributed by atoms with Crippen LogP contribution in [-0.2, 0) is 0 Å². The molecule has 0 spiro atoms. The third kappa shape index (κ3) is 4.63. The molecular formula is C11H25NO. The summed E-state index contributed by atoms with van der Waals surface area (Å²) in [6.07, 6.45) is 3.36. The summed E-state index contributed by atoms with van der Waals surface area (Å²) in [4.78, 5) is 0. The number of nitrogens with one attached hydrogen (secondary N) is 1. The third-order valence-electron chi connectivity index (χ3n) is 2.93. The molecule has 0 amide bonds. The van der Waals surface area contributed by atoms with Crippen molar-refractivity contribution in [1.82, 2.24) is 5.32 Å². The second-order valence-corrected chi connectivity index (χ2v) is 4.51. The van der Waals surface area contributed by atoms with Crippen molar-refractivity contribution < 1.29 is 5.11 Å². The molecule has 0 rings (SSSR count). The van der Waals surface area contributed by atoms with Crippen LogP contribution < -0.4 is 5.32 Å². The number of β-amino-alcohol motifs (C(OH)–C–C–N with tert-alkyl or cyclic N) is 1. The first-order valence-corrected chi connectivity index (χ1v) is 5.36. The van der Waals surface area contributed by atoms with Gasteiger partial charge in [-0.2, -0.15) is 0 Å². The first-order chi connectivity index (χ1) is 5.89. The van der Waals surface area contributed by atoms with Gasteiger partial charge in [0.2, 0.25) is 0 Å². The molecule has 0 atom stereocenters. The molecule has 13 heavy (non-hydrogen) atoms. The van der Waals surface area contributed by atoms with Crippen molar-refractivity contribution in [2.45, 2.75) is 65.0 Å². The highest BCUT2D eigenvalue weighted by molar-refractivity contribution is 4.86. The predicted octanol–water partition coefficient (Wildman–Crippen LogP) is 2.32. The van der Waals surface area contributed by atoms with Gasteiger partial charge in [0.15, 0.2) is 0 Å². The largest absolute Gasteiger partial charge is 0.389 e. The van der Waals surface area contributed by atoms with E-state index in [1.54, 1.807) is 0 Å². The first-order valence-electron chi connectivity index (χ1n) is 5.36. The van der Waals surface area contributed by atoms with E-state index in [2.05, 4.69) is 26.1 Å². The molecule has 0 aromatic heterocycles. The smallest absolute Gasteiger partial charge is 0.0715 e. The van der Waals surface area contributed by atoms with Crippen LogP contribution >= 0.6 is 0 Å². The minimum Gasteiger partial charge on any atom is -0.389 e. The quantitative estimate of drug-likeness (QED) is 0.669. The van der Waals surface area contributed by atoms with Crippen LogP contribution in [0.5, 0.6) is 0 Å². The second kappa shape index (κ2) is 4.97. The van der Waals surface area contributed by atoms with Crippen LogP contribution in [0.15, 0.2) is 0 Å². The fraction of sp³-hybridized carbons (Fsp3) is 1.00. The number of hydrogen-bond donors (Lipinski definition) is 2. The Bertz CT molecular complexity index is 125. The summed E-state index contributed by atoms with van der Waals surface area (Å²) in [6.45, 7) is 10.9. The van der Waals surface area contributed by atoms with Gasteiger partial charge in [-0.1, -0.05) is 20.8 Å². The van der Waals surface area contributed by atoms with E-state index in [1.807, 2.05) is 13.8 Å². The molecule has 0 aliphatic carbocycles. The van der Waals surface area contributed by atoms with Crippen LogP contribution in [0.25, 0.3) is 0 Å². The summed E-state index contributed by atoms with van der Waals surface area (Å²) < 4.78 is 0. The van der Waals surface area contributed by atoms with Crippen molar-refractivity contribution in [2.75, 3.05) is 6.54 Å². The average molecular weight is 187 g/mol. The van der Waals surface area contributed by atoms with Crippen molar-refractivity contribution in [1.29, 1.82) is 0 Å². The van der Waals surface area contributed by atoms with Gasteiger partial charge in [-0.15, -0.1) is 0 Å². The van der Waals surface area contributed by atoms with Crippen LogP contribution in [0.1, 0.15) is 53.9 Å². The van der Waals surface area contributed by atoms with Gasteiger partial charge in [0.1, 0.15) is 0 Å². The molecule has 0 aliphatic heterocycles. The highest BCUT2D eigenvalue weighted by atomic mass is 16.3. The molecular weight excluding hydrogens is 162 g/mol. The van der Waals surface area contributed by atoms with E-state index >= 15 is 0 Å². The van der Waals surface area contributed by atoms with E-state index in [0.717, 1.165) is 19.3 Å². The average Bonchev–Trinajstić information content (AvgIpc) is 2.06. The standard InChI is InChI=1S/C11H25NO/c1-6-11(7-2,8-3)12-9-10(4,5)13/h12-13H,6-9H2,1-5H3. The van der Waals surface area contributed by atoms with Gasteiger partial charge in [0.25, 0.3) is 0 Å². The molecule has 0 aromatic rings. The van der Waals surface area contributed by atoms with E-state index < -0.39 is 5.60 Å². The maximum Gasteiger partial charge on any atom is 0.0715 e. The van der Waals surface area contributed by atoms with E-state index in [9.17, 15) is 5.11 Å². The number of hydrogen-bond acceptors (Lipinski definition) is 2. The van der Waals surface area contributed by atoms with Crippen molar-refractivity contribution in [2.24, 2.45) is 0 Å². The van der Waals surface area contributed by atoms with E-state index in [1.165, 1.54) is 0 Å². The van der Waals surface area contributed by atoms with Crippen molar-refractivity contribution in [3.05, 3.63) is 0 Å². The first kappa shape index (κ1) is 12.9. The molecule has 2 heteroatoms. The lowest BCUT2D eigenvalue weighted by Gasteiger charge is -2.34. The maximum atomic E-state index is 9.61. The lowest BCUT2D eigenvalue weighted by atomic mass is 9.89. The van der Waals surface area contributed by atoms with Gasteiger partial charge in [-0.25, -0.2) is 0 Å². The summed E-state index contributed by atoms with van der Waals surface area (Å²) in [5.74, 6) is 0. The van der Waals surface area contributed by atoms with Crippen LogP contribution in [0.3, 0.4) is 0 Å². The zero-order valence-corrected chi connectivity index (χ0v) is 9.78. The summed E-state index contributed by atoms with van der Waals surface area (Å²) in [6, 6.07) is 0. The van der Waals surface area contributed by atoms with Crippen molar-refractivity contribution >= 4 is 0 Å². The molecule has 0 fully saturated rings. The number of rotatable bonds is 6. The zero-order valence-electron chi connectivity index (χ0n) is 9.78. The molecule has 0 saturated heterocycles. The Morgan fingerprint density at radius 3 is 1.62 bits per heavy atom. The van der Waals surface area contributed by atoms with Gasteiger partial charge < -0.3 is 10.4 Å². The molecule has 2 N–H and O–H groups in total. The molecule has 80 valence electrons. The molecule has 0 bridgehead atoms. The van der Waals surface area contributed by atoms with E-state index in [-0.39, 0.29) is 5.54 Å². The molecule has 0 saturated carbocycles. The van der Waals surface area contributed by atoms with Crippen molar-refractivity contribution in [3.8, 4) is 0 Å². The topological polar surface area (TPSA) is 32.3 Å². The Kier molecular flexibility index (Phi) is 4.93. The van der Waals surface area contributed by atoms with Crippen molar-refractivity contribution in [3.63, 3.8) is 0 Å². The fourth-order valence-electron chi connectivity index (χ4n) is 1.53. The molecule has 0 unspecified atom stereocenters. The van der Waals surface area contributed by atoms with Gasteiger partial charge in [-0.3, -0.25) is 0 Å². The summed E-state index contributed by atoms with van der Waals surface area (Å²) in [5, 5.41) is 13.1. The minimum atomic E-state index is -0.606. The number of aliphatic hydroxyl groups is 1. The highest BCUT2D eigenvalue weighted by Crippen LogP contribution is 2.19. The normalized spacial score (nSPS) is 13.4. The predicted molar refractivity (Wildman–Crippen MR) is 57.9 cm³/mol. The lowest BCUT2D eigenvalue weighted by Crippen LogP contribution is -2.49. The molecule has 0 radical (unpaired) electrons. The zero-order chi connectivity index (χ0) is 10.5. The van der Waals surface area contributed by atoms with Gasteiger partial charge >= 0.3 is 0 Å². The fourth-order valence-corrected chi connectivity index (χ4v) is 1.53. The maximum absolute atomic E-state index is 9.61. The van der Waals surface area contributed by atoms with Gasteiger partial charge in [0.05, 0.1) is 5.60 Å². The molecule has 0 aliphatic rings. The van der Waals surface area contributed by atoms with Crippen LogP contribution in [0.4, 0.5) is 0 Å². The SMILES string of the molecule is CCC(CC)(CC)NCC(C)(C)O. The summed E-state index contributed by atoms with van der Waals surface area (Å²) >= 11 is 0. The molecule has 0 aromatic carbocycles. The minimum absolute atomic E-state index is 0.222. The molecule has 2 nitrogen and oxygen atoms in total. The van der Waals surface area contributed by atoms with Crippen LogP contribution in [0, 0.1) is 0 Å². The second-order valence-electron chi connectivity index (χ2n) is 4.51. The summed E-state index contributed by atoms with van der Waals surface area (Å²) in [5.41, 5.74) is -0.384. The summed E-state index contributed by atoms with van der Waals surface area (Å²) in [7, 11) is 0. The monoisotopic (exact) mass is 187 g/mol. The Labute approximate surface area is 82.7 Å². The Morgan fingerprint density at radius 2 is 1.38 bits per heavy atom. The molecule has 0 heterocycles.